The fourth-order valence-corrected chi connectivity index (χ4v) is 2.61. The Bertz CT molecular complexity index is 239. The molecule has 6 heteroatoms. The molecule has 1 fully saturated rings. The molecule has 1 saturated heterocycles. The third kappa shape index (κ3) is 2.80. The zero-order valence-electron chi connectivity index (χ0n) is 8.14. The number of carbonyl (C=O) groups is 1. The lowest BCUT2D eigenvalue weighted by molar-refractivity contribution is -0.132. The highest BCUT2D eigenvalue weighted by Crippen LogP contribution is 2.24. The highest BCUT2D eigenvalue weighted by molar-refractivity contribution is 7.99. The lowest BCUT2D eigenvalue weighted by atomic mass is 10.1. The van der Waals surface area contributed by atoms with Gasteiger partial charge < -0.3 is 15.8 Å². The van der Waals surface area contributed by atoms with Crippen LogP contribution in [0.25, 0.3) is 0 Å². The van der Waals surface area contributed by atoms with E-state index in [1.54, 1.807) is 18.8 Å². The van der Waals surface area contributed by atoms with Crippen LogP contribution >= 0.6 is 11.8 Å². The quantitative estimate of drug-likeness (QED) is 0.300. The smallest absolute Gasteiger partial charge is 0.226 e. The van der Waals surface area contributed by atoms with Gasteiger partial charge in [0.2, 0.25) is 5.91 Å². The molecular weight excluding hydrogens is 202 g/mol. The molecule has 1 aliphatic heterocycles. The summed E-state index contributed by atoms with van der Waals surface area (Å²) in [5.74, 6) is 2.19. The lowest BCUT2D eigenvalue weighted by Gasteiger charge is -2.19. The van der Waals surface area contributed by atoms with E-state index in [4.69, 9.17) is 10.9 Å². The van der Waals surface area contributed by atoms with Crippen molar-refractivity contribution in [3.8, 4) is 0 Å². The fourth-order valence-electron chi connectivity index (χ4n) is 1.39. The normalized spacial score (nSPS) is 22.4. The highest BCUT2D eigenvalue weighted by Gasteiger charge is 2.26. The number of amides is 1. The van der Waals surface area contributed by atoms with Gasteiger partial charge in [0, 0.05) is 18.7 Å². The van der Waals surface area contributed by atoms with Crippen molar-refractivity contribution in [2.75, 3.05) is 25.1 Å². The number of nitrogens with two attached hydrogens (primary N) is 1. The van der Waals surface area contributed by atoms with Crippen molar-refractivity contribution in [3.63, 3.8) is 0 Å². The van der Waals surface area contributed by atoms with E-state index in [0.717, 1.165) is 17.9 Å². The molecule has 0 spiro atoms. The number of likely N-dealkylation sites (N-methyl/N-ethyl adjacent to an activating group) is 1. The maximum Gasteiger partial charge on any atom is 0.226 e. The predicted molar refractivity (Wildman–Crippen MR) is 56.5 cm³/mol. The number of thioether (sulfide) groups is 1. The number of nitrogens with zero attached hydrogens (tertiary/aromatic N) is 2. The number of hydrogen-bond acceptors (Lipinski definition) is 4. The monoisotopic (exact) mass is 217 g/mol. The van der Waals surface area contributed by atoms with Gasteiger partial charge in [-0.2, -0.15) is 11.8 Å². The molecule has 1 unspecified atom stereocenters. The molecule has 0 aromatic carbocycles. The summed E-state index contributed by atoms with van der Waals surface area (Å²) in [5.41, 5.74) is 5.31. The van der Waals surface area contributed by atoms with Gasteiger partial charge in [0.1, 0.15) is 0 Å². The van der Waals surface area contributed by atoms with Crippen LogP contribution in [0.15, 0.2) is 5.16 Å². The molecule has 0 aliphatic carbocycles. The Morgan fingerprint density at radius 3 is 3.00 bits per heavy atom. The van der Waals surface area contributed by atoms with Gasteiger partial charge in [-0.3, -0.25) is 4.79 Å². The van der Waals surface area contributed by atoms with Crippen molar-refractivity contribution in [1.82, 2.24) is 4.90 Å². The number of hydrogen-bond donors (Lipinski definition) is 2. The minimum Gasteiger partial charge on any atom is -0.409 e. The van der Waals surface area contributed by atoms with Crippen molar-refractivity contribution in [2.45, 2.75) is 6.42 Å². The third-order valence-electron chi connectivity index (χ3n) is 2.18. The van der Waals surface area contributed by atoms with E-state index in [2.05, 4.69) is 5.16 Å². The molecule has 0 aromatic rings. The number of carbonyl (C=O) groups excluding carboxylic acids is 1. The second-order valence-electron chi connectivity index (χ2n) is 3.35. The second kappa shape index (κ2) is 5.09. The summed E-state index contributed by atoms with van der Waals surface area (Å²) in [5, 5.41) is 11.2. The molecule has 14 heavy (non-hydrogen) atoms. The molecule has 1 amide bonds. The van der Waals surface area contributed by atoms with Gasteiger partial charge in [0.25, 0.3) is 0 Å². The standard InChI is InChI=1S/C8H15N3O2S/c1-11(4-7(9)10-13)8(12)6-2-3-14-5-6/h6,13H,2-5H2,1H3,(H2,9,10). The van der Waals surface area contributed by atoms with Crippen molar-refractivity contribution >= 4 is 23.5 Å². The summed E-state index contributed by atoms with van der Waals surface area (Å²) in [7, 11) is 1.67. The third-order valence-corrected chi connectivity index (χ3v) is 3.35. The Hall–Kier alpha value is -0.910. The van der Waals surface area contributed by atoms with Crippen LogP contribution in [0.2, 0.25) is 0 Å². The Balaban J connectivity index is 2.43. The van der Waals surface area contributed by atoms with Gasteiger partial charge in [-0.1, -0.05) is 5.16 Å². The summed E-state index contributed by atoms with van der Waals surface area (Å²) in [6, 6.07) is 0. The Morgan fingerprint density at radius 1 is 1.79 bits per heavy atom. The molecule has 0 saturated carbocycles. The van der Waals surface area contributed by atoms with Gasteiger partial charge in [-0.25, -0.2) is 0 Å². The average molecular weight is 217 g/mol. The number of amidine groups is 1. The van der Waals surface area contributed by atoms with Crippen LogP contribution in [0, 0.1) is 5.92 Å². The predicted octanol–water partition coefficient (Wildman–Crippen LogP) is -0.0557. The van der Waals surface area contributed by atoms with Crippen LogP contribution in [-0.2, 0) is 4.79 Å². The summed E-state index contributed by atoms with van der Waals surface area (Å²) < 4.78 is 0. The van der Waals surface area contributed by atoms with E-state index in [1.165, 1.54) is 4.90 Å². The zero-order valence-corrected chi connectivity index (χ0v) is 8.96. The first kappa shape index (κ1) is 11.2. The minimum atomic E-state index is 0.0616. The van der Waals surface area contributed by atoms with Crippen LogP contribution in [-0.4, -0.2) is 46.9 Å². The molecule has 5 nitrogen and oxygen atoms in total. The van der Waals surface area contributed by atoms with E-state index in [0.29, 0.717) is 0 Å². The Labute approximate surface area is 87.3 Å². The van der Waals surface area contributed by atoms with Crippen molar-refractivity contribution in [3.05, 3.63) is 0 Å². The summed E-state index contributed by atoms with van der Waals surface area (Å²) in [4.78, 5) is 13.2. The van der Waals surface area contributed by atoms with Crippen LogP contribution in [0.3, 0.4) is 0 Å². The van der Waals surface area contributed by atoms with E-state index in [9.17, 15) is 4.79 Å². The lowest BCUT2D eigenvalue weighted by Crippen LogP contribution is -2.39. The molecule has 1 aliphatic rings. The van der Waals surface area contributed by atoms with Gasteiger partial charge in [-0.15, -0.1) is 0 Å². The molecule has 1 rings (SSSR count). The van der Waals surface area contributed by atoms with Gasteiger partial charge in [0.05, 0.1) is 6.54 Å². The van der Waals surface area contributed by atoms with Crippen LogP contribution in [0.5, 0.6) is 0 Å². The first-order valence-electron chi connectivity index (χ1n) is 4.44. The summed E-state index contributed by atoms with van der Waals surface area (Å²) >= 11 is 1.79. The first-order valence-corrected chi connectivity index (χ1v) is 5.59. The molecule has 1 heterocycles. The highest BCUT2D eigenvalue weighted by atomic mass is 32.2. The van der Waals surface area contributed by atoms with Crippen molar-refractivity contribution in [2.24, 2.45) is 16.8 Å². The molecule has 1 atom stereocenters. The molecule has 0 radical (unpaired) electrons. The van der Waals surface area contributed by atoms with Crippen LogP contribution in [0.4, 0.5) is 0 Å². The van der Waals surface area contributed by atoms with Crippen molar-refractivity contribution < 1.29 is 10.0 Å². The van der Waals surface area contributed by atoms with Crippen LogP contribution < -0.4 is 5.73 Å². The van der Waals surface area contributed by atoms with Crippen molar-refractivity contribution in [1.29, 1.82) is 0 Å². The van der Waals surface area contributed by atoms with E-state index < -0.39 is 0 Å². The summed E-state index contributed by atoms with van der Waals surface area (Å²) in [6.07, 6.45) is 0.935. The van der Waals surface area contributed by atoms with Gasteiger partial charge in [0.15, 0.2) is 5.84 Å². The topological polar surface area (TPSA) is 78.9 Å². The Morgan fingerprint density at radius 2 is 2.50 bits per heavy atom. The number of rotatable bonds is 3. The van der Waals surface area contributed by atoms with Gasteiger partial charge >= 0.3 is 0 Å². The molecular formula is C8H15N3O2S. The first-order chi connectivity index (χ1) is 6.65. The maximum atomic E-state index is 11.7. The van der Waals surface area contributed by atoms with E-state index in [1.807, 2.05) is 0 Å². The summed E-state index contributed by atoms with van der Waals surface area (Å²) in [6.45, 7) is 0.191. The van der Waals surface area contributed by atoms with Gasteiger partial charge in [-0.05, 0) is 12.2 Å². The Kier molecular flexibility index (Phi) is 4.06. The maximum absolute atomic E-state index is 11.7. The largest absolute Gasteiger partial charge is 0.409 e. The number of oxime groups is 1. The van der Waals surface area contributed by atoms with Crippen LogP contribution in [0.1, 0.15) is 6.42 Å². The molecule has 0 bridgehead atoms. The average Bonchev–Trinajstić information content (AvgIpc) is 2.69. The van der Waals surface area contributed by atoms with E-state index >= 15 is 0 Å². The molecule has 80 valence electrons. The minimum absolute atomic E-state index is 0.0616. The fraction of sp³-hybridized carbons (Fsp3) is 0.750. The zero-order chi connectivity index (χ0) is 10.6. The molecule has 0 aromatic heterocycles. The second-order valence-corrected chi connectivity index (χ2v) is 4.50. The van der Waals surface area contributed by atoms with E-state index in [-0.39, 0.29) is 24.2 Å². The molecule has 3 N–H and O–H groups in total. The SMILES string of the molecule is CN(CC(N)=NO)C(=O)C1CCSC1.